The van der Waals surface area contributed by atoms with E-state index in [1.54, 1.807) is 0 Å². The molecule has 2 nitrogen and oxygen atoms in total. The summed E-state index contributed by atoms with van der Waals surface area (Å²) in [6.45, 7) is 6.39. The molecular formula is C16H18N2. The van der Waals surface area contributed by atoms with Gasteiger partial charge in [-0.05, 0) is 38.1 Å². The molecule has 0 fully saturated rings. The Bertz CT molecular complexity index is 465. The van der Waals surface area contributed by atoms with Crippen molar-refractivity contribution in [3.05, 3.63) is 48.5 Å². The number of para-hydroxylation sites is 4. The van der Waals surface area contributed by atoms with Gasteiger partial charge < -0.3 is 9.80 Å². The molecule has 0 amide bonds. The molecule has 1 aliphatic heterocycles. The fourth-order valence-corrected chi connectivity index (χ4v) is 2.78. The lowest BCUT2D eigenvalue weighted by molar-refractivity contribution is 0.947. The van der Waals surface area contributed by atoms with Crippen LogP contribution in [0.15, 0.2) is 48.5 Å². The van der Waals surface area contributed by atoms with E-state index in [1.807, 2.05) is 0 Å². The van der Waals surface area contributed by atoms with Gasteiger partial charge in [0, 0.05) is 13.1 Å². The van der Waals surface area contributed by atoms with Crippen LogP contribution in [0, 0.1) is 0 Å². The molecule has 2 aromatic carbocycles. The van der Waals surface area contributed by atoms with E-state index < -0.39 is 0 Å². The Labute approximate surface area is 108 Å². The minimum absolute atomic E-state index is 0.992. The summed E-state index contributed by atoms with van der Waals surface area (Å²) < 4.78 is 0. The fraction of sp³-hybridized carbons (Fsp3) is 0.250. The molecule has 1 aliphatic rings. The van der Waals surface area contributed by atoms with Crippen molar-refractivity contribution in [1.29, 1.82) is 0 Å². The van der Waals surface area contributed by atoms with Crippen LogP contribution in [0.2, 0.25) is 0 Å². The van der Waals surface area contributed by atoms with Crippen LogP contribution in [0.5, 0.6) is 0 Å². The van der Waals surface area contributed by atoms with Crippen molar-refractivity contribution in [2.45, 2.75) is 13.8 Å². The van der Waals surface area contributed by atoms with Gasteiger partial charge in [-0.2, -0.15) is 0 Å². The average Bonchev–Trinajstić information content (AvgIpc) is 2.44. The Kier molecular flexibility index (Phi) is 2.71. The fourth-order valence-electron chi connectivity index (χ4n) is 2.78. The Morgan fingerprint density at radius 2 is 0.889 bits per heavy atom. The van der Waals surface area contributed by atoms with E-state index in [1.165, 1.54) is 22.7 Å². The molecule has 2 heteroatoms. The first-order valence-electron chi connectivity index (χ1n) is 6.60. The lowest BCUT2D eigenvalue weighted by atomic mass is 10.1. The molecule has 3 rings (SSSR count). The van der Waals surface area contributed by atoms with Gasteiger partial charge in [0.2, 0.25) is 0 Å². The number of fused-ring (bicyclic) bond motifs is 2. The van der Waals surface area contributed by atoms with Crippen LogP contribution in [0.1, 0.15) is 13.8 Å². The molecule has 0 saturated heterocycles. The summed E-state index contributed by atoms with van der Waals surface area (Å²) in [7, 11) is 0. The second kappa shape index (κ2) is 4.37. The maximum absolute atomic E-state index is 2.39. The van der Waals surface area contributed by atoms with Crippen molar-refractivity contribution < 1.29 is 0 Å². The highest BCUT2D eigenvalue weighted by atomic mass is 15.3. The summed E-state index contributed by atoms with van der Waals surface area (Å²) in [4.78, 5) is 4.77. The van der Waals surface area contributed by atoms with Gasteiger partial charge in [0.15, 0.2) is 0 Å². The van der Waals surface area contributed by atoms with E-state index in [-0.39, 0.29) is 0 Å². The minimum Gasteiger partial charge on any atom is -0.338 e. The van der Waals surface area contributed by atoms with E-state index in [9.17, 15) is 0 Å². The summed E-state index contributed by atoms with van der Waals surface area (Å²) in [6, 6.07) is 17.3. The Morgan fingerprint density at radius 3 is 1.11 bits per heavy atom. The summed E-state index contributed by atoms with van der Waals surface area (Å²) in [5, 5.41) is 0. The summed E-state index contributed by atoms with van der Waals surface area (Å²) >= 11 is 0. The molecule has 0 N–H and O–H groups in total. The van der Waals surface area contributed by atoms with Crippen LogP contribution in [-0.2, 0) is 0 Å². The van der Waals surface area contributed by atoms with Crippen LogP contribution < -0.4 is 9.80 Å². The highest BCUT2D eigenvalue weighted by molar-refractivity contribution is 5.92. The van der Waals surface area contributed by atoms with Gasteiger partial charge in [0.05, 0.1) is 22.7 Å². The monoisotopic (exact) mass is 238 g/mol. The van der Waals surface area contributed by atoms with Crippen molar-refractivity contribution in [2.24, 2.45) is 0 Å². The Balaban J connectivity index is 2.25. The van der Waals surface area contributed by atoms with E-state index in [2.05, 4.69) is 72.2 Å². The Morgan fingerprint density at radius 1 is 0.611 bits per heavy atom. The highest BCUT2D eigenvalue weighted by Crippen LogP contribution is 2.47. The van der Waals surface area contributed by atoms with Crippen LogP contribution in [0.3, 0.4) is 0 Å². The minimum atomic E-state index is 0.992. The highest BCUT2D eigenvalue weighted by Gasteiger charge is 2.25. The normalized spacial score (nSPS) is 13.2. The van der Waals surface area contributed by atoms with Gasteiger partial charge in [-0.1, -0.05) is 24.3 Å². The van der Waals surface area contributed by atoms with E-state index in [0.717, 1.165) is 13.1 Å². The molecule has 0 radical (unpaired) electrons. The second-order valence-corrected chi connectivity index (χ2v) is 4.47. The van der Waals surface area contributed by atoms with E-state index in [4.69, 9.17) is 0 Å². The molecular weight excluding hydrogens is 220 g/mol. The summed E-state index contributed by atoms with van der Waals surface area (Å²) in [6.07, 6.45) is 0. The molecule has 0 aliphatic carbocycles. The number of nitrogens with zero attached hydrogens (tertiary/aromatic N) is 2. The number of anilines is 4. The SMILES string of the molecule is CCN1c2ccccc2N(CC)c2ccccc21. The van der Waals surface area contributed by atoms with Gasteiger partial charge in [-0.15, -0.1) is 0 Å². The maximum Gasteiger partial charge on any atom is 0.0652 e. The van der Waals surface area contributed by atoms with Crippen molar-refractivity contribution in [2.75, 3.05) is 22.9 Å². The first-order valence-corrected chi connectivity index (χ1v) is 6.60. The first-order chi connectivity index (χ1) is 8.86. The average molecular weight is 238 g/mol. The largest absolute Gasteiger partial charge is 0.338 e. The predicted octanol–water partition coefficient (Wildman–Crippen LogP) is 4.32. The third-order valence-electron chi connectivity index (χ3n) is 3.56. The number of rotatable bonds is 2. The van der Waals surface area contributed by atoms with Gasteiger partial charge in [-0.3, -0.25) is 0 Å². The second-order valence-electron chi connectivity index (χ2n) is 4.47. The van der Waals surface area contributed by atoms with Gasteiger partial charge in [0.1, 0.15) is 0 Å². The lowest BCUT2D eigenvalue weighted by Gasteiger charge is -2.39. The van der Waals surface area contributed by atoms with Crippen molar-refractivity contribution in [3.8, 4) is 0 Å². The molecule has 0 saturated carbocycles. The third-order valence-corrected chi connectivity index (χ3v) is 3.56. The summed E-state index contributed by atoms with van der Waals surface area (Å²) in [5.74, 6) is 0. The van der Waals surface area contributed by atoms with Crippen molar-refractivity contribution in [1.82, 2.24) is 0 Å². The predicted molar refractivity (Wildman–Crippen MR) is 78.2 cm³/mol. The number of hydrogen-bond donors (Lipinski definition) is 0. The number of benzene rings is 2. The van der Waals surface area contributed by atoms with Crippen LogP contribution in [0.4, 0.5) is 22.7 Å². The van der Waals surface area contributed by atoms with Gasteiger partial charge >= 0.3 is 0 Å². The molecule has 0 unspecified atom stereocenters. The van der Waals surface area contributed by atoms with Gasteiger partial charge in [-0.25, -0.2) is 0 Å². The molecule has 1 heterocycles. The van der Waals surface area contributed by atoms with E-state index >= 15 is 0 Å². The number of hydrogen-bond acceptors (Lipinski definition) is 2. The maximum atomic E-state index is 2.39. The molecule has 0 bridgehead atoms. The molecule has 0 atom stereocenters. The zero-order valence-electron chi connectivity index (χ0n) is 10.9. The van der Waals surface area contributed by atoms with Crippen LogP contribution >= 0.6 is 0 Å². The van der Waals surface area contributed by atoms with Crippen LogP contribution in [0.25, 0.3) is 0 Å². The third kappa shape index (κ3) is 1.49. The van der Waals surface area contributed by atoms with Crippen molar-refractivity contribution in [3.63, 3.8) is 0 Å². The quantitative estimate of drug-likeness (QED) is 0.769. The lowest BCUT2D eigenvalue weighted by Crippen LogP contribution is -2.29. The zero-order chi connectivity index (χ0) is 12.5. The molecule has 92 valence electrons. The molecule has 0 aromatic heterocycles. The molecule has 2 aromatic rings. The first kappa shape index (κ1) is 11.1. The molecule has 0 spiro atoms. The summed E-state index contributed by atoms with van der Waals surface area (Å²) in [5.41, 5.74) is 5.22. The van der Waals surface area contributed by atoms with Crippen LogP contribution in [-0.4, -0.2) is 13.1 Å². The zero-order valence-corrected chi connectivity index (χ0v) is 10.9. The van der Waals surface area contributed by atoms with E-state index in [0.29, 0.717) is 0 Å². The Hall–Kier alpha value is -1.96. The van der Waals surface area contributed by atoms with Crippen molar-refractivity contribution >= 4 is 22.7 Å². The van der Waals surface area contributed by atoms with Gasteiger partial charge in [0.25, 0.3) is 0 Å². The smallest absolute Gasteiger partial charge is 0.0652 e. The topological polar surface area (TPSA) is 6.48 Å². The standard InChI is InChI=1S/C16H18N2/c1-3-17-13-9-5-7-11-15(13)18(4-2)16-12-8-6-10-14(16)17/h5-12H,3-4H2,1-2H3. The molecule has 18 heavy (non-hydrogen) atoms.